The molecule has 0 aliphatic carbocycles. The smallest absolute Gasteiger partial charge is 0.263 e. The van der Waals surface area contributed by atoms with Crippen molar-refractivity contribution in [3.63, 3.8) is 0 Å². The van der Waals surface area contributed by atoms with E-state index in [9.17, 15) is 4.79 Å². The molecule has 1 fully saturated rings. The molecule has 1 aliphatic rings. The Morgan fingerprint density at radius 3 is 2.68 bits per heavy atom. The molecule has 0 amide bonds. The highest BCUT2D eigenvalue weighted by Gasteiger charge is 2.22. The third-order valence-corrected chi connectivity index (χ3v) is 5.93. The third kappa shape index (κ3) is 3.92. The molecule has 0 spiro atoms. The highest BCUT2D eigenvalue weighted by Crippen LogP contribution is 2.31. The maximum absolute atomic E-state index is 15.1. The summed E-state index contributed by atoms with van der Waals surface area (Å²) in [5.74, 6) is 0.575. The van der Waals surface area contributed by atoms with Crippen LogP contribution in [0.2, 0.25) is 0 Å². The van der Waals surface area contributed by atoms with Gasteiger partial charge in [0, 0.05) is 31.2 Å². The van der Waals surface area contributed by atoms with Gasteiger partial charge in [-0.1, -0.05) is 17.3 Å². The Bertz CT molecular complexity index is 1390. The standard InChI is InChI=1S/C25H25FN4O4/c1-3-29-15-18(25-27-24(28-34-25)16-7-5-6-8-22(16)33-4-2)23(31)17-13-19(26)21(14-20(17)29)30-9-11-32-12-10-30/h5-8,13-15H,3-4,9-12H2,1-2H3. The Hall–Kier alpha value is -3.72. The van der Waals surface area contributed by atoms with E-state index >= 15 is 4.39 Å². The fraction of sp³-hybridized carbons (Fsp3) is 0.320. The van der Waals surface area contributed by atoms with E-state index in [-0.39, 0.29) is 22.3 Å². The Morgan fingerprint density at radius 2 is 1.91 bits per heavy atom. The van der Waals surface area contributed by atoms with Gasteiger partial charge in [-0.05, 0) is 38.1 Å². The van der Waals surface area contributed by atoms with E-state index in [0.717, 1.165) is 0 Å². The summed E-state index contributed by atoms with van der Waals surface area (Å²) in [7, 11) is 0. The van der Waals surface area contributed by atoms with Crippen molar-refractivity contribution in [3.8, 4) is 28.6 Å². The first-order chi connectivity index (χ1) is 16.6. The van der Waals surface area contributed by atoms with E-state index in [4.69, 9.17) is 14.0 Å². The highest BCUT2D eigenvalue weighted by atomic mass is 19.1. The number of morpholine rings is 1. The van der Waals surface area contributed by atoms with Crippen molar-refractivity contribution in [2.75, 3.05) is 37.8 Å². The van der Waals surface area contributed by atoms with Crippen molar-refractivity contribution in [3.05, 3.63) is 58.6 Å². The number of aromatic nitrogens is 3. The molecule has 0 saturated carbocycles. The first-order valence-electron chi connectivity index (χ1n) is 11.4. The second kappa shape index (κ2) is 9.26. The van der Waals surface area contributed by atoms with Crippen molar-refractivity contribution < 1.29 is 18.4 Å². The van der Waals surface area contributed by atoms with E-state index in [0.29, 0.717) is 67.8 Å². The second-order valence-electron chi connectivity index (χ2n) is 7.93. The second-order valence-corrected chi connectivity index (χ2v) is 7.93. The number of nitrogens with zero attached hydrogens (tertiary/aromatic N) is 4. The summed E-state index contributed by atoms with van der Waals surface area (Å²) in [4.78, 5) is 19.8. The van der Waals surface area contributed by atoms with Crippen molar-refractivity contribution in [1.29, 1.82) is 0 Å². The number of pyridine rings is 1. The zero-order valence-electron chi connectivity index (χ0n) is 19.1. The number of benzene rings is 2. The van der Waals surface area contributed by atoms with Crippen LogP contribution in [-0.4, -0.2) is 47.6 Å². The minimum absolute atomic E-state index is 0.0769. The molecule has 0 radical (unpaired) electrons. The van der Waals surface area contributed by atoms with Crippen molar-refractivity contribution in [1.82, 2.24) is 14.7 Å². The molecule has 176 valence electrons. The Balaban J connectivity index is 1.60. The number of aryl methyl sites for hydroxylation is 1. The minimum Gasteiger partial charge on any atom is -0.493 e. The monoisotopic (exact) mass is 464 g/mol. The number of hydrogen-bond donors (Lipinski definition) is 0. The number of rotatable bonds is 6. The van der Waals surface area contributed by atoms with Gasteiger partial charge in [-0.3, -0.25) is 4.79 Å². The maximum atomic E-state index is 15.1. The minimum atomic E-state index is -0.442. The van der Waals surface area contributed by atoms with Gasteiger partial charge in [-0.15, -0.1) is 0 Å². The third-order valence-electron chi connectivity index (χ3n) is 5.93. The SMILES string of the molecule is CCOc1ccccc1-c1noc(-c2cn(CC)c3cc(N4CCOCC4)c(F)cc3c2=O)n1. The summed E-state index contributed by atoms with van der Waals surface area (Å²) in [5.41, 5.74) is 1.65. The van der Waals surface area contributed by atoms with Crippen LogP contribution in [0.15, 0.2) is 51.9 Å². The molecule has 0 atom stereocenters. The van der Waals surface area contributed by atoms with Gasteiger partial charge in [0.15, 0.2) is 0 Å². The maximum Gasteiger partial charge on any atom is 0.263 e. The van der Waals surface area contributed by atoms with E-state index < -0.39 is 5.82 Å². The summed E-state index contributed by atoms with van der Waals surface area (Å²) >= 11 is 0. The predicted molar refractivity (Wildman–Crippen MR) is 127 cm³/mol. The molecular formula is C25H25FN4O4. The first-order valence-corrected chi connectivity index (χ1v) is 11.4. The zero-order chi connectivity index (χ0) is 23.7. The molecule has 4 aromatic rings. The Kier molecular flexibility index (Phi) is 6.02. The zero-order valence-corrected chi connectivity index (χ0v) is 19.1. The molecule has 34 heavy (non-hydrogen) atoms. The molecule has 2 aromatic heterocycles. The summed E-state index contributed by atoms with van der Waals surface area (Å²) < 4.78 is 33.5. The van der Waals surface area contributed by atoms with Gasteiger partial charge >= 0.3 is 0 Å². The molecule has 5 rings (SSSR count). The molecule has 8 nitrogen and oxygen atoms in total. The van der Waals surface area contributed by atoms with Crippen LogP contribution in [0, 0.1) is 5.82 Å². The molecule has 9 heteroatoms. The summed E-state index contributed by atoms with van der Waals surface area (Å²) in [6.07, 6.45) is 1.69. The Labute approximate surface area is 195 Å². The fourth-order valence-corrected chi connectivity index (χ4v) is 4.23. The number of anilines is 1. The van der Waals surface area contributed by atoms with Crippen molar-refractivity contribution in [2.45, 2.75) is 20.4 Å². The molecular weight excluding hydrogens is 439 g/mol. The lowest BCUT2D eigenvalue weighted by Crippen LogP contribution is -2.36. The highest BCUT2D eigenvalue weighted by molar-refractivity contribution is 5.86. The van der Waals surface area contributed by atoms with Gasteiger partial charge in [0.05, 0.1) is 36.6 Å². The molecule has 3 heterocycles. The molecule has 0 N–H and O–H groups in total. The number of halogens is 1. The van der Waals surface area contributed by atoms with Crippen molar-refractivity contribution in [2.24, 2.45) is 0 Å². The molecule has 2 aromatic carbocycles. The first kappa shape index (κ1) is 22.1. The average molecular weight is 464 g/mol. The normalized spacial score (nSPS) is 14.0. The van der Waals surface area contributed by atoms with Crippen LogP contribution in [0.5, 0.6) is 5.75 Å². The van der Waals surface area contributed by atoms with E-state index in [1.807, 2.05) is 47.6 Å². The number of fused-ring (bicyclic) bond motifs is 1. The van der Waals surface area contributed by atoms with E-state index in [2.05, 4.69) is 10.1 Å². The van der Waals surface area contributed by atoms with Gasteiger partial charge < -0.3 is 23.5 Å². The molecule has 1 aliphatic heterocycles. The van der Waals surface area contributed by atoms with Crippen LogP contribution in [0.25, 0.3) is 33.7 Å². The summed E-state index contributed by atoms with van der Waals surface area (Å²) in [5, 5.41) is 4.34. The van der Waals surface area contributed by atoms with Crippen LogP contribution >= 0.6 is 0 Å². The quantitative estimate of drug-likeness (QED) is 0.425. The molecule has 0 bridgehead atoms. The lowest BCUT2D eigenvalue weighted by molar-refractivity contribution is 0.122. The number of para-hydroxylation sites is 1. The lowest BCUT2D eigenvalue weighted by Gasteiger charge is -2.29. The van der Waals surface area contributed by atoms with Crippen LogP contribution in [0.1, 0.15) is 13.8 Å². The predicted octanol–water partition coefficient (Wildman–Crippen LogP) is 4.11. The number of ether oxygens (including phenoxy) is 2. The van der Waals surface area contributed by atoms with Crippen LogP contribution in [-0.2, 0) is 11.3 Å². The van der Waals surface area contributed by atoms with Gasteiger partial charge in [0.2, 0.25) is 11.3 Å². The largest absolute Gasteiger partial charge is 0.493 e. The topological polar surface area (TPSA) is 82.6 Å². The Morgan fingerprint density at radius 1 is 1.12 bits per heavy atom. The van der Waals surface area contributed by atoms with E-state index in [1.165, 1.54) is 6.07 Å². The van der Waals surface area contributed by atoms with Gasteiger partial charge in [0.25, 0.3) is 5.89 Å². The van der Waals surface area contributed by atoms with Crippen LogP contribution < -0.4 is 15.1 Å². The van der Waals surface area contributed by atoms with Crippen LogP contribution in [0.4, 0.5) is 10.1 Å². The number of hydrogen-bond acceptors (Lipinski definition) is 7. The van der Waals surface area contributed by atoms with Gasteiger partial charge in [-0.25, -0.2) is 4.39 Å². The molecule has 1 saturated heterocycles. The average Bonchev–Trinajstić information content (AvgIpc) is 3.35. The molecule has 0 unspecified atom stereocenters. The summed E-state index contributed by atoms with van der Waals surface area (Å²) in [6.45, 7) is 7.21. The van der Waals surface area contributed by atoms with Gasteiger partial charge in [0.1, 0.15) is 17.1 Å². The van der Waals surface area contributed by atoms with Gasteiger partial charge in [-0.2, -0.15) is 4.98 Å². The fourth-order valence-electron chi connectivity index (χ4n) is 4.23. The van der Waals surface area contributed by atoms with Crippen molar-refractivity contribution >= 4 is 16.6 Å². The van der Waals surface area contributed by atoms with E-state index in [1.54, 1.807) is 12.3 Å². The summed E-state index contributed by atoms with van der Waals surface area (Å²) in [6, 6.07) is 10.4. The van der Waals surface area contributed by atoms with Crippen LogP contribution in [0.3, 0.4) is 0 Å². The lowest BCUT2D eigenvalue weighted by atomic mass is 10.1.